The second kappa shape index (κ2) is 9.99. The molecule has 0 amide bonds. The lowest BCUT2D eigenvalue weighted by molar-refractivity contribution is -0.139. The molecule has 2 aliphatic carbocycles. The van der Waals surface area contributed by atoms with Crippen LogP contribution in [0, 0.1) is 11.8 Å². The first-order valence-electron chi connectivity index (χ1n) is 12.6. The Morgan fingerprint density at radius 3 is 2.42 bits per heavy atom. The third-order valence-corrected chi connectivity index (χ3v) is 9.22. The molecule has 198 valence electrons. The first kappa shape index (κ1) is 25.6. The smallest absolute Gasteiger partial charge is 0.316 e. The van der Waals surface area contributed by atoms with E-state index < -0.39 is 26.7 Å². The maximum absolute atomic E-state index is 13.8. The van der Waals surface area contributed by atoms with E-state index in [4.69, 9.17) is 5.14 Å². The van der Waals surface area contributed by atoms with Crippen LogP contribution in [-0.4, -0.2) is 54.2 Å². The largest absolute Gasteiger partial charge is 0.417 e. The van der Waals surface area contributed by atoms with Crippen LogP contribution in [0.1, 0.15) is 68.4 Å². The van der Waals surface area contributed by atoms with E-state index in [-0.39, 0.29) is 17.3 Å². The number of piperidine rings is 1. The van der Waals surface area contributed by atoms with Gasteiger partial charge in [0, 0.05) is 17.6 Å². The van der Waals surface area contributed by atoms with Crippen molar-refractivity contribution in [1.82, 2.24) is 31.3 Å². The zero-order valence-corrected chi connectivity index (χ0v) is 20.7. The number of sulfonamides is 1. The van der Waals surface area contributed by atoms with E-state index in [1.54, 1.807) is 0 Å². The highest BCUT2D eigenvalue weighted by Gasteiger charge is 2.41. The van der Waals surface area contributed by atoms with Crippen LogP contribution in [0.15, 0.2) is 17.0 Å². The lowest BCUT2D eigenvalue weighted by Gasteiger charge is -2.42. The normalized spacial score (nSPS) is 29.6. The fourth-order valence-corrected chi connectivity index (χ4v) is 7.52. The Balaban J connectivity index is 1.35. The molecule has 2 aromatic rings. The number of primary sulfonamides is 1. The summed E-state index contributed by atoms with van der Waals surface area (Å²) in [7, 11) is -4.73. The Morgan fingerprint density at radius 2 is 1.75 bits per heavy atom. The molecule has 9 nitrogen and oxygen atoms in total. The van der Waals surface area contributed by atoms with E-state index in [1.807, 2.05) is 0 Å². The van der Waals surface area contributed by atoms with E-state index in [0.717, 1.165) is 43.8 Å². The highest BCUT2D eigenvalue weighted by atomic mass is 32.2. The Bertz CT molecular complexity index is 1170. The van der Waals surface area contributed by atoms with E-state index in [9.17, 15) is 21.6 Å². The summed E-state index contributed by atoms with van der Waals surface area (Å²) in [5.74, 6) is 1.21. The van der Waals surface area contributed by atoms with Crippen LogP contribution in [0.3, 0.4) is 0 Å². The Morgan fingerprint density at radius 1 is 1.00 bits per heavy atom. The van der Waals surface area contributed by atoms with E-state index in [1.165, 1.54) is 31.7 Å². The van der Waals surface area contributed by atoms with Crippen molar-refractivity contribution in [3.05, 3.63) is 23.3 Å². The van der Waals surface area contributed by atoms with Gasteiger partial charge in [-0.05, 0) is 99.1 Å². The van der Waals surface area contributed by atoms with Crippen LogP contribution in [0.25, 0.3) is 11.4 Å². The maximum Gasteiger partial charge on any atom is 0.417 e. The molecule has 3 atom stereocenters. The van der Waals surface area contributed by atoms with Crippen LogP contribution in [-0.2, 0) is 16.2 Å². The minimum Gasteiger partial charge on any atom is -0.316 e. The average molecular weight is 528 g/mol. The molecular weight excluding hydrogens is 495 g/mol. The molecule has 5 rings (SSSR count). The molecular formula is C23H32F3N7O2S. The van der Waals surface area contributed by atoms with Gasteiger partial charge in [0.25, 0.3) is 0 Å². The van der Waals surface area contributed by atoms with Crippen LogP contribution in [0.4, 0.5) is 13.2 Å². The van der Waals surface area contributed by atoms with Crippen LogP contribution >= 0.6 is 0 Å². The standard InChI is InChI=1S/C23H32F3N7O2S/c24-23(25,26)19-8-7-18(20(21(19)36(27,34)35)22-30-32-33-31-22)13-1-4-16(5-2-13)29-17-6-3-15-12-28-10-9-14(15)11-17/h7-8,13-17,28-29H,1-6,9-12H2,(H2,27,34,35)(H,30,31,32,33). The molecule has 0 bridgehead atoms. The fourth-order valence-electron chi connectivity index (χ4n) is 6.53. The molecule has 1 aromatic heterocycles. The minimum absolute atomic E-state index is 0.139. The molecule has 5 N–H and O–H groups in total. The van der Waals surface area contributed by atoms with E-state index in [0.29, 0.717) is 30.5 Å². The molecule has 3 fully saturated rings. The number of nitrogens with zero attached hydrogens (tertiary/aromatic N) is 3. The Kier molecular flexibility index (Phi) is 7.09. The highest BCUT2D eigenvalue weighted by molar-refractivity contribution is 7.89. The molecule has 0 spiro atoms. The molecule has 3 aliphatic rings. The number of alkyl halides is 3. The van der Waals surface area contributed by atoms with Gasteiger partial charge in [-0.1, -0.05) is 6.07 Å². The third kappa shape index (κ3) is 5.29. The summed E-state index contributed by atoms with van der Waals surface area (Å²) in [6.07, 6.45) is 3.05. The third-order valence-electron chi connectivity index (χ3n) is 8.23. The fraction of sp³-hybridized carbons (Fsp3) is 0.696. The lowest BCUT2D eigenvalue weighted by atomic mass is 9.73. The second-order valence-corrected chi connectivity index (χ2v) is 11.9. The summed E-state index contributed by atoms with van der Waals surface area (Å²) in [5.41, 5.74) is -1.07. The lowest BCUT2D eigenvalue weighted by Crippen LogP contribution is -2.48. The molecule has 36 heavy (non-hydrogen) atoms. The van der Waals surface area contributed by atoms with Crippen molar-refractivity contribution >= 4 is 10.0 Å². The summed E-state index contributed by atoms with van der Waals surface area (Å²) in [6.45, 7) is 2.22. The van der Waals surface area contributed by atoms with Gasteiger partial charge in [0.2, 0.25) is 15.8 Å². The number of hydrogen-bond donors (Lipinski definition) is 4. The first-order chi connectivity index (χ1) is 17.1. The summed E-state index contributed by atoms with van der Waals surface area (Å²) >= 11 is 0. The van der Waals surface area contributed by atoms with Crippen molar-refractivity contribution in [1.29, 1.82) is 0 Å². The molecule has 1 aliphatic heterocycles. The first-order valence-corrected chi connectivity index (χ1v) is 14.1. The zero-order chi connectivity index (χ0) is 25.5. The number of aromatic amines is 1. The van der Waals surface area contributed by atoms with Crippen molar-refractivity contribution in [2.24, 2.45) is 17.0 Å². The molecule has 2 saturated carbocycles. The molecule has 1 aromatic carbocycles. The van der Waals surface area contributed by atoms with Gasteiger partial charge < -0.3 is 10.6 Å². The van der Waals surface area contributed by atoms with Crippen molar-refractivity contribution in [2.75, 3.05) is 13.1 Å². The predicted molar refractivity (Wildman–Crippen MR) is 126 cm³/mol. The van der Waals surface area contributed by atoms with Crippen LogP contribution in [0.2, 0.25) is 0 Å². The van der Waals surface area contributed by atoms with Gasteiger partial charge >= 0.3 is 6.18 Å². The number of nitrogens with two attached hydrogens (primary N) is 1. The second-order valence-electron chi connectivity index (χ2n) is 10.4. The van der Waals surface area contributed by atoms with Gasteiger partial charge in [0.15, 0.2) is 0 Å². The average Bonchev–Trinajstić information content (AvgIpc) is 3.37. The number of aromatic nitrogens is 4. The van der Waals surface area contributed by atoms with Crippen LogP contribution in [0.5, 0.6) is 0 Å². The highest BCUT2D eigenvalue weighted by Crippen LogP contribution is 2.45. The van der Waals surface area contributed by atoms with E-state index >= 15 is 0 Å². The number of halogens is 3. The molecule has 13 heteroatoms. The predicted octanol–water partition coefficient (Wildman–Crippen LogP) is 2.93. The number of tetrazole rings is 1. The molecule has 0 radical (unpaired) electrons. The van der Waals surface area contributed by atoms with Crippen molar-refractivity contribution in [3.8, 4) is 11.4 Å². The summed E-state index contributed by atoms with van der Waals surface area (Å²) < 4.78 is 66.1. The SMILES string of the molecule is NS(=O)(=O)c1c(C(F)(F)F)ccc(C2CCC(NC3CCC4CNCCC4C3)CC2)c1-c1nn[nH]n1. The Labute approximate surface area is 208 Å². The molecule has 3 unspecified atom stereocenters. The van der Waals surface area contributed by atoms with Gasteiger partial charge in [-0.15, -0.1) is 10.2 Å². The maximum atomic E-state index is 13.8. The van der Waals surface area contributed by atoms with Gasteiger partial charge in [0.1, 0.15) is 4.90 Å². The number of H-pyrrole nitrogens is 1. The number of hydrogen-bond acceptors (Lipinski definition) is 7. The number of nitrogens with one attached hydrogen (secondary N) is 3. The van der Waals surface area contributed by atoms with Crippen molar-refractivity contribution in [2.45, 2.75) is 80.4 Å². The topological polar surface area (TPSA) is 139 Å². The molecule has 1 saturated heterocycles. The summed E-state index contributed by atoms with van der Waals surface area (Å²) in [6, 6.07) is 2.99. The quantitative estimate of drug-likeness (QED) is 0.469. The monoisotopic (exact) mass is 527 g/mol. The van der Waals surface area contributed by atoms with Crippen molar-refractivity contribution in [3.63, 3.8) is 0 Å². The summed E-state index contributed by atoms with van der Waals surface area (Å²) in [4.78, 5) is -0.993. The van der Waals surface area contributed by atoms with Gasteiger partial charge in [-0.25, -0.2) is 13.6 Å². The molecule has 2 heterocycles. The van der Waals surface area contributed by atoms with E-state index in [2.05, 4.69) is 31.3 Å². The van der Waals surface area contributed by atoms with Crippen molar-refractivity contribution < 1.29 is 21.6 Å². The minimum atomic E-state index is -4.91. The zero-order valence-electron chi connectivity index (χ0n) is 19.9. The van der Waals surface area contributed by atoms with Gasteiger partial charge in [0.05, 0.1) is 5.56 Å². The van der Waals surface area contributed by atoms with Crippen LogP contribution < -0.4 is 15.8 Å². The Hall–Kier alpha value is -2.09. The number of rotatable bonds is 5. The summed E-state index contributed by atoms with van der Waals surface area (Å²) in [5, 5.41) is 25.9. The number of benzene rings is 1. The number of fused-ring (bicyclic) bond motifs is 1. The van der Waals surface area contributed by atoms with Gasteiger partial charge in [-0.2, -0.15) is 18.4 Å². The van der Waals surface area contributed by atoms with Gasteiger partial charge in [-0.3, -0.25) is 0 Å².